The highest BCUT2D eigenvalue weighted by Gasteiger charge is 2.32. The van der Waals surface area contributed by atoms with Crippen LogP contribution in [0.5, 0.6) is 0 Å². The van der Waals surface area contributed by atoms with Gasteiger partial charge in [-0.15, -0.1) is 0 Å². The number of piperidine rings is 1. The van der Waals surface area contributed by atoms with Crippen molar-refractivity contribution >= 4 is 34.1 Å². The number of carbonyl (C=O) groups is 1. The molecule has 0 radical (unpaired) electrons. The highest BCUT2D eigenvalue weighted by atomic mass is 127. The Morgan fingerprint density at radius 3 is 2.58 bits per heavy atom. The van der Waals surface area contributed by atoms with Crippen molar-refractivity contribution in [2.24, 2.45) is 0 Å². The molecule has 4 heteroatoms. The molecule has 3 saturated heterocycles. The Morgan fingerprint density at radius 2 is 1.75 bits per heavy atom. The molecule has 0 aromatic heterocycles. The van der Waals surface area contributed by atoms with E-state index in [1.807, 2.05) is 12.1 Å². The zero-order chi connectivity index (χ0) is 16.3. The largest absolute Gasteiger partial charge is 0.367 e. The summed E-state index contributed by atoms with van der Waals surface area (Å²) in [4.78, 5) is 18.0. The van der Waals surface area contributed by atoms with E-state index in [4.69, 9.17) is 0 Å². The molecule has 4 aliphatic rings. The minimum Gasteiger partial charge on any atom is -0.367 e. The minimum atomic E-state index is 0.190. The Labute approximate surface area is 155 Å². The summed E-state index contributed by atoms with van der Waals surface area (Å²) >= 11 is 2.27. The third-order valence-corrected chi connectivity index (χ3v) is 6.66. The second-order valence-corrected chi connectivity index (χ2v) is 8.15. The van der Waals surface area contributed by atoms with Crippen LogP contribution in [0, 0.1) is 3.57 Å². The maximum absolute atomic E-state index is 12.9. The molecule has 122 valence electrons. The average molecular weight is 430 g/mol. The molecule has 2 bridgehead atoms. The topological polar surface area (TPSA) is 23.6 Å². The van der Waals surface area contributed by atoms with Crippen molar-refractivity contribution in [2.75, 3.05) is 31.1 Å². The van der Waals surface area contributed by atoms with Crippen LogP contribution in [0.1, 0.15) is 28.8 Å². The number of anilines is 1. The van der Waals surface area contributed by atoms with E-state index >= 15 is 0 Å². The number of carbonyl (C=O) groups excluding carboxylic acids is 1. The van der Waals surface area contributed by atoms with Crippen LogP contribution in [0.15, 0.2) is 36.4 Å². The lowest BCUT2D eigenvalue weighted by atomic mass is 10.0. The number of rotatable bonds is 1. The summed E-state index contributed by atoms with van der Waals surface area (Å²) in [5, 5.41) is 0. The summed E-state index contributed by atoms with van der Waals surface area (Å²) in [5.74, 6) is 0.190. The highest BCUT2D eigenvalue weighted by Crippen LogP contribution is 2.41. The Morgan fingerprint density at radius 1 is 0.917 bits per heavy atom. The number of hydrogen-bond donors (Lipinski definition) is 0. The molecule has 24 heavy (non-hydrogen) atoms. The van der Waals surface area contributed by atoms with E-state index in [1.165, 1.54) is 31.6 Å². The van der Waals surface area contributed by atoms with Crippen molar-refractivity contribution in [3.05, 3.63) is 51.1 Å². The molecule has 3 nitrogen and oxygen atoms in total. The van der Waals surface area contributed by atoms with Gasteiger partial charge in [-0.2, -0.15) is 0 Å². The zero-order valence-corrected chi connectivity index (χ0v) is 15.6. The Bertz CT molecular complexity index is 840. The molecule has 2 aromatic rings. The number of ketones is 1. The van der Waals surface area contributed by atoms with E-state index in [1.54, 1.807) is 0 Å². The first-order chi connectivity index (χ1) is 11.7. The SMILES string of the molecule is O=C1c2cc(N3CCN4CCC3CC4)ccc2-c2cccc(I)c21. The summed E-state index contributed by atoms with van der Waals surface area (Å²) < 4.78 is 1.05. The smallest absolute Gasteiger partial charge is 0.195 e. The summed E-state index contributed by atoms with van der Waals surface area (Å²) in [6.45, 7) is 4.64. The molecule has 0 saturated carbocycles. The van der Waals surface area contributed by atoms with Crippen LogP contribution in [0.2, 0.25) is 0 Å². The molecule has 0 N–H and O–H groups in total. The van der Waals surface area contributed by atoms with Crippen LogP contribution in [0.4, 0.5) is 5.69 Å². The van der Waals surface area contributed by atoms with Crippen LogP contribution in [-0.2, 0) is 0 Å². The van der Waals surface area contributed by atoms with Gasteiger partial charge in [0.2, 0.25) is 0 Å². The average Bonchev–Trinajstić information content (AvgIpc) is 2.78. The second kappa shape index (κ2) is 5.56. The normalized spacial score (nSPS) is 24.7. The Hall–Kier alpha value is -1.40. The van der Waals surface area contributed by atoms with Crippen molar-refractivity contribution < 1.29 is 4.79 Å². The lowest BCUT2D eigenvalue weighted by Crippen LogP contribution is -2.37. The standard InChI is InChI=1S/C20H19IN2O/c21-18-3-1-2-16-15-5-4-14(12-17(15)20(24)19(16)18)23-11-10-22-8-6-13(23)7-9-22/h1-5,12-13H,6-11H2. The molecular formula is C20H19IN2O. The van der Waals surface area contributed by atoms with Gasteiger partial charge in [0.05, 0.1) is 0 Å². The summed E-state index contributed by atoms with van der Waals surface area (Å²) in [5.41, 5.74) is 5.18. The van der Waals surface area contributed by atoms with Gasteiger partial charge in [-0.3, -0.25) is 4.79 Å². The molecule has 0 spiro atoms. The number of nitrogens with zero attached hydrogens (tertiary/aromatic N) is 2. The number of fused-ring (bicyclic) bond motifs is 7. The fourth-order valence-corrected chi connectivity index (χ4v) is 5.22. The maximum atomic E-state index is 12.9. The zero-order valence-electron chi connectivity index (χ0n) is 13.5. The fraction of sp³-hybridized carbons (Fsp3) is 0.350. The van der Waals surface area contributed by atoms with Crippen molar-refractivity contribution in [1.29, 1.82) is 0 Å². The van der Waals surface area contributed by atoms with Crippen molar-refractivity contribution in [3.63, 3.8) is 0 Å². The fourth-order valence-electron chi connectivity index (χ4n) is 4.47. The van der Waals surface area contributed by atoms with Gasteiger partial charge in [-0.25, -0.2) is 0 Å². The van der Waals surface area contributed by atoms with E-state index in [0.29, 0.717) is 6.04 Å². The molecule has 2 aromatic carbocycles. The molecule has 0 atom stereocenters. The summed E-state index contributed by atoms with van der Waals surface area (Å²) in [6.07, 6.45) is 2.48. The maximum Gasteiger partial charge on any atom is 0.195 e. The molecule has 3 heterocycles. The molecule has 3 aliphatic heterocycles. The van der Waals surface area contributed by atoms with Crippen LogP contribution in [0.25, 0.3) is 11.1 Å². The van der Waals surface area contributed by atoms with E-state index in [0.717, 1.165) is 38.9 Å². The first kappa shape index (κ1) is 14.9. The third-order valence-electron chi connectivity index (χ3n) is 5.77. The van der Waals surface area contributed by atoms with Gasteiger partial charge in [-0.05, 0) is 64.8 Å². The molecule has 1 aliphatic carbocycles. The first-order valence-corrected chi connectivity index (χ1v) is 9.77. The van der Waals surface area contributed by atoms with E-state index in [9.17, 15) is 4.79 Å². The van der Waals surface area contributed by atoms with Gasteiger partial charge < -0.3 is 9.80 Å². The number of halogens is 1. The van der Waals surface area contributed by atoms with Gasteiger partial charge >= 0.3 is 0 Å². The predicted molar refractivity (Wildman–Crippen MR) is 105 cm³/mol. The molecule has 0 amide bonds. The summed E-state index contributed by atoms with van der Waals surface area (Å²) in [7, 11) is 0. The van der Waals surface area contributed by atoms with E-state index in [2.05, 4.69) is 56.7 Å². The van der Waals surface area contributed by atoms with Gasteiger partial charge in [0.1, 0.15) is 0 Å². The van der Waals surface area contributed by atoms with Gasteiger partial charge in [0.15, 0.2) is 5.78 Å². The van der Waals surface area contributed by atoms with Crippen LogP contribution >= 0.6 is 22.6 Å². The number of benzene rings is 2. The molecule has 6 rings (SSSR count). The molecular weight excluding hydrogens is 411 g/mol. The third kappa shape index (κ3) is 2.15. The van der Waals surface area contributed by atoms with Crippen molar-refractivity contribution in [3.8, 4) is 11.1 Å². The van der Waals surface area contributed by atoms with Gasteiger partial charge in [-0.1, -0.05) is 18.2 Å². The lowest BCUT2D eigenvalue weighted by Gasteiger charge is -2.33. The second-order valence-electron chi connectivity index (χ2n) is 6.99. The predicted octanol–water partition coefficient (Wildman–Crippen LogP) is 3.79. The van der Waals surface area contributed by atoms with Crippen LogP contribution in [-0.4, -0.2) is 42.9 Å². The lowest BCUT2D eigenvalue weighted by molar-refractivity contribution is 0.104. The molecule has 0 unspecified atom stereocenters. The van der Waals surface area contributed by atoms with Crippen LogP contribution in [0.3, 0.4) is 0 Å². The molecule has 3 fully saturated rings. The number of hydrogen-bond acceptors (Lipinski definition) is 3. The summed E-state index contributed by atoms with van der Waals surface area (Å²) in [6, 6.07) is 13.3. The van der Waals surface area contributed by atoms with Gasteiger partial charge in [0.25, 0.3) is 0 Å². The quantitative estimate of drug-likeness (QED) is 0.549. The highest BCUT2D eigenvalue weighted by molar-refractivity contribution is 14.1. The van der Waals surface area contributed by atoms with Crippen molar-refractivity contribution in [2.45, 2.75) is 18.9 Å². The monoisotopic (exact) mass is 430 g/mol. The van der Waals surface area contributed by atoms with E-state index < -0.39 is 0 Å². The first-order valence-electron chi connectivity index (χ1n) is 8.69. The van der Waals surface area contributed by atoms with Crippen LogP contribution < -0.4 is 4.90 Å². The van der Waals surface area contributed by atoms with E-state index in [-0.39, 0.29) is 5.78 Å². The van der Waals surface area contributed by atoms with Gasteiger partial charge in [0, 0.05) is 52.6 Å². The van der Waals surface area contributed by atoms with Crippen molar-refractivity contribution in [1.82, 2.24) is 4.90 Å². The Balaban J connectivity index is 1.57. The minimum absolute atomic E-state index is 0.190. The Kier molecular flexibility index (Phi) is 3.45.